The Kier molecular flexibility index (Phi) is 10.9. The highest BCUT2D eigenvalue weighted by Crippen LogP contribution is 2.17. The summed E-state index contributed by atoms with van der Waals surface area (Å²) in [5.74, 6) is 0.931. The summed E-state index contributed by atoms with van der Waals surface area (Å²) in [5.41, 5.74) is 1.17. The topological polar surface area (TPSA) is 52.5 Å². The number of piperidine rings is 1. The Morgan fingerprint density at radius 1 is 1.32 bits per heavy atom. The average molecular weight is 479 g/mol. The summed E-state index contributed by atoms with van der Waals surface area (Å²) in [6.07, 6.45) is 6.02. The van der Waals surface area contributed by atoms with Gasteiger partial charge >= 0.3 is 0 Å². The van der Waals surface area contributed by atoms with Gasteiger partial charge in [0.2, 0.25) is 0 Å². The summed E-state index contributed by atoms with van der Waals surface area (Å²) < 4.78 is 0. The predicted molar refractivity (Wildman–Crippen MR) is 120 cm³/mol. The molecule has 0 saturated carbocycles. The van der Waals surface area contributed by atoms with Gasteiger partial charge in [-0.15, -0.1) is 35.3 Å². The predicted octanol–water partition coefficient (Wildman–Crippen LogP) is 3.35. The lowest BCUT2D eigenvalue weighted by molar-refractivity contribution is 0.203. The highest BCUT2D eigenvalue weighted by atomic mass is 127. The van der Waals surface area contributed by atoms with E-state index in [1.165, 1.54) is 55.9 Å². The summed E-state index contributed by atoms with van der Waals surface area (Å²) in [4.78, 5) is 12.8. The second-order valence-electron chi connectivity index (χ2n) is 6.60. The number of unbranched alkanes of at least 4 members (excludes halogenated alkanes) is 1. The van der Waals surface area contributed by atoms with Crippen LogP contribution in [-0.2, 0) is 6.42 Å². The van der Waals surface area contributed by atoms with Gasteiger partial charge in [0, 0.05) is 44.0 Å². The molecule has 1 aromatic heterocycles. The summed E-state index contributed by atoms with van der Waals surface area (Å²) in [5, 5.41) is 8.19. The number of aromatic nitrogens is 1. The number of likely N-dealkylation sites (tertiary alicyclic amines) is 1. The molecule has 0 atom stereocenters. The van der Waals surface area contributed by atoms with Crippen LogP contribution in [0.1, 0.15) is 48.2 Å². The van der Waals surface area contributed by atoms with Gasteiger partial charge in [-0.05, 0) is 39.7 Å². The Bertz CT molecular complexity index is 524. The Labute approximate surface area is 174 Å². The molecule has 0 bridgehead atoms. The first-order chi connectivity index (χ1) is 11.6. The van der Waals surface area contributed by atoms with Crippen molar-refractivity contribution in [2.75, 3.05) is 33.2 Å². The molecule has 0 amide bonds. The van der Waals surface area contributed by atoms with Crippen LogP contribution in [0.15, 0.2) is 4.99 Å². The zero-order chi connectivity index (χ0) is 17.4. The van der Waals surface area contributed by atoms with Crippen molar-refractivity contribution >= 4 is 41.3 Å². The second-order valence-corrected chi connectivity index (χ2v) is 7.89. The van der Waals surface area contributed by atoms with Gasteiger partial charge in [0.15, 0.2) is 5.96 Å². The molecule has 0 radical (unpaired) electrons. The number of aryl methyl sites for hydroxylation is 2. The lowest BCUT2D eigenvalue weighted by Gasteiger charge is -2.33. The first-order valence-corrected chi connectivity index (χ1v) is 10.1. The number of nitrogens with one attached hydrogen (secondary N) is 2. The van der Waals surface area contributed by atoms with Gasteiger partial charge in [-0.25, -0.2) is 4.98 Å². The molecule has 1 fully saturated rings. The molecule has 2 heterocycles. The zero-order valence-electron chi connectivity index (χ0n) is 16.1. The van der Waals surface area contributed by atoms with E-state index in [2.05, 4.69) is 46.3 Å². The lowest BCUT2D eigenvalue weighted by Crippen LogP contribution is -2.49. The first-order valence-electron chi connectivity index (χ1n) is 9.24. The van der Waals surface area contributed by atoms with E-state index >= 15 is 0 Å². The van der Waals surface area contributed by atoms with Gasteiger partial charge in [-0.1, -0.05) is 13.3 Å². The Morgan fingerprint density at radius 2 is 2.04 bits per heavy atom. The van der Waals surface area contributed by atoms with E-state index in [-0.39, 0.29) is 24.0 Å². The van der Waals surface area contributed by atoms with Crippen molar-refractivity contribution in [2.45, 2.75) is 58.9 Å². The summed E-state index contributed by atoms with van der Waals surface area (Å²) >= 11 is 1.80. The minimum absolute atomic E-state index is 0. The van der Waals surface area contributed by atoms with Crippen LogP contribution in [0.4, 0.5) is 0 Å². The highest BCUT2D eigenvalue weighted by molar-refractivity contribution is 14.0. The minimum Gasteiger partial charge on any atom is -0.356 e. The molecule has 1 aliphatic rings. The normalized spacial score (nSPS) is 16.6. The van der Waals surface area contributed by atoms with Crippen LogP contribution in [0.5, 0.6) is 0 Å². The van der Waals surface area contributed by atoms with Crippen molar-refractivity contribution in [3.63, 3.8) is 0 Å². The third-order valence-electron chi connectivity index (χ3n) is 4.62. The molecule has 0 spiro atoms. The van der Waals surface area contributed by atoms with Crippen LogP contribution in [0.3, 0.4) is 0 Å². The van der Waals surface area contributed by atoms with Gasteiger partial charge in [0.25, 0.3) is 0 Å². The fraction of sp³-hybridized carbons (Fsp3) is 0.778. The molecule has 1 saturated heterocycles. The fourth-order valence-corrected chi connectivity index (χ4v) is 4.11. The molecular formula is C18H34IN5S. The van der Waals surface area contributed by atoms with Crippen molar-refractivity contribution in [3.8, 4) is 0 Å². The average Bonchev–Trinajstić information content (AvgIpc) is 2.90. The summed E-state index contributed by atoms with van der Waals surface area (Å²) in [6, 6.07) is 0.543. The second kappa shape index (κ2) is 12.1. The van der Waals surface area contributed by atoms with Gasteiger partial charge in [0.1, 0.15) is 0 Å². The number of guanidine groups is 1. The first kappa shape index (κ1) is 22.6. The van der Waals surface area contributed by atoms with Gasteiger partial charge in [-0.3, -0.25) is 4.99 Å². The number of rotatable bonds is 7. The largest absolute Gasteiger partial charge is 0.356 e. The van der Waals surface area contributed by atoms with Crippen molar-refractivity contribution in [1.82, 2.24) is 20.5 Å². The molecular weight excluding hydrogens is 445 g/mol. The SMILES string of the molecule is CCCCN1CCC(NC(=NC)NCCc2sc(C)nc2C)CC1.I. The monoisotopic (exact) mass is 479 g/mol. The van der Waals surface area contributed by atoms with Crippen LogP contribution in [0.2, 0.25) is 0 Å². The Hall–Kier alpha value is -0.410. The molecule has 0 aliphatic carbocycles. The maximum Gasteiger partial charge on any atom is 0.191 e. The fourth-order valence-electron chi connectivity index (χ4n) is 3.17. The zero-order valence-corrected chi connectivity index (χ0v) is 19.2. The van der Waals surface area contributed by atoms with E-state index in [0.29, 0.717) is 6.04 Å². The maximum atomic E-state index is 4.49. The highest BCUT2D eigenvalue weighted by Gasteiger charge is 2.19. The van der Waals surface area contributed by atoms with Crippen LogP contribution >= 0.6 is 35.3 Å². The number of hydrogen-bond donors (Lipinski definition) is 2. The quantitative estimate of drug-likeness (QED) is 0.358. The Morgan fingerprint density at radius 3 is 2.60 bits per heavy atom. The third kappa shape index (κ3) is 7.78. The number of thiazole rings is 1. The minimum atomic E-state index is 0. The molecule has 0 aromatic carbocycles. The van der Waals surface area contributed by atoms with Crippen molar-refractivity contribution in [1.29, 1.82) is 0 Å². The van der Waals surface area contributed by atoms with Gasteiger partial charge in [-0.2, -0.15) is 0 Å². The molecule has 5 nitrogen and oxygen atoms in total. The van der Waals surface area contributed by atoms with Crippen LogP contribution in [0.25, 0.3) is 0 Å². The van der Waals surface area contributed by atoms with E-state index in [0.717, 1.165) is 23.9 Å². The van der Waals surface area contributed by atoms with Gasteiger partial charge < -0.3 is 15.5 Å². The molecule has 0 unspecified atom stereocenters. The molecule has 2 N–H and O–H groups in total. The maximum absolute atomic E-state index is 4.49. The van der Waals surface area contributed by atoms with Crippen molar-refractivity contribution in [3.05, 3.63) is 15.6 Å². The molecule has 1 aromatic rings. The van der Waals surface area contributed by atoms with E-state index < -0.39 is 0 Å². The molecule has 7 heteroatoms. The summed E-state index contributed by atoms with van der Waals surface area (Å²) in [7, 11) is 1.85. The van der Waals surface area contributed by atoms with Crippen LogP contribution in [-0.4, -0.2) is 55.1 Å². The van der Waals surface area contributed by atoms with Crippen molar-refractivity contribution in [2.24, 2.45) is 4.99 Å². The van der Waals surface area contributed by atoms with Crippen molar-refractivity contribution < 1.29 is 0 Å². The van der Waals surface area contributed by atoms with E-state index in [1.54, 1.807) is 11.3 Å². The smallest absolute Gasteiger partial charge is 0.191 e. The van der Waals surface area contributed by atoms with Crippen LogP contribution in [0, 0.1) is 13.8 Å². The molecule has 25 heavy (non-hydrogen) atoms. The number of hydrogen-bond acceptors (Lipinski definition) is 4. The van der Waals surface area contributed by atoms with E-state index in [4.69, 9.17) is 0 Å². The van der Waals surface area contributed by atoms with Gasteiger partial charge in [0.05, 0.1) is 10.7 Å². The molecule has 144 valence electrons. The Balaban J connectivity index is 0.00000312. The third-order valence-corrected chi connectivity index (χ3v) is 5.76. The van der Waals surface area contributed by atoms with E-state index in [1.807, 2.05) is 7.05 Å². The lowest BCUT2D eigenvalue weighted by atomic mass is 10.0. The molecule has 1 aliphatic heterocycles. The van der Waals surface area contributed by atoms with E-state index in [9.17, 15) is 0 Å². The standard InChI is InChI=1S/C18H33N5S.HI/c1-5-6-11-23-12-8-16(9-13-23)22-18(19-4)20-10-7-17-14(2)21-15(3)24-17;/h16H,5-13H2,1-4H3,(H2,19,20,22);1H. The number of halogens is 1. The van der Waals surface area contributed by atoms with Crippen LogP contribution < -0.4 is 10.6 Å². The molecule has 2 rings (SSSR count). The number of nitrogens with zero attached hydrogens (tertiary/aromatic N) is 3. The number of aliphatic imine (C=N–C) groups is 1. The summed E-state index contributed by atoms with van der Waals surface area (Å²) in [6.45, 7) is 11.0.